The molecule has 0 aromatic heterocycles. The van der Waals surface area contributed by atoms with Crippen LogP contribution in [-0.4, -0.2) is 37.6 Å². The number of rotatable bonds is 5. The number of benzene rings is 1. The second-order valence-electron chi connectivity index (χ2n) is 5.37. The molecule has 0 bridgehead atoms. The Bertz CT molecular complexity index is 442. The largest absolute Gasteiger partial charge is 0.385 e. The highest BCUT2D eigenvalue weighted by atomic mass is 19.1. The van der Waals surface area contributed by atoms with Crippen LogP contribution >= 0.6 is 0 Å². The lowest BCUT2D eigenvalue weighted by Crippen LogP contribution is -2.39. The van der Waals surface area contributed by atoms with Gasteiger partial charge in [0.2, 0.25) is 5.91 Å². The van der Waals surface area contributed by atoms with E-state index in [9.17, 15) is 9.18 Å². The fraction of sp³-hybridized carbons (Fsp3) is 0.562. The average molecular weight is 279 g/mol. The van der Waals surface area contributed by atoms with E-state index in [1.54, 1.807) is 25.3 Å². The molecule has 1 aliphatic rings. The Morgan fingerprint density at radius 1 is 1.35 bits per heavy atom. The second-order valence-corrected chi connectivity index (χ2v) is 5.37. The lowest BCUT2D eigenvalue weighted by molar-refractivity contribution is -0.131. The minimum atomic E-state index is -0.296. The topological polar surface area (TPSA) is 29.5 Å². The normalized spacial score (nSPS) is 16.4. The number of carbonyl (C=O) groups is 1. The molecular formula is C16H22FNO2. The minimum absolute atomic E-state index is 0.0280. The average Bonchev–Trinajstić information content (AvgIpc) is 2.48. The molecule has 1 fully saturated rings. The lowest BCUT2D eigenvalue weighted by Gasteiger charge is -2.32. The summed E-state index contributed by atoms with van der Waals surface area (Å²) in [7, 11) is 1.72. The van der Waals surface area contributed by atoms with Crippen LogP contribution in [0.1, 0.15) is 24.8 Å². The van der Waals surface area contributed by atoms with Crippen molar-refractivity contribution in [2.24, 2.45) is 5.92 Å². The van der Waals surface area contributed by atoms with Gasteiger partial charge in [0.15, 0.2) is 0 Å². The molecule has 110 valence electrons. The number of carbonyl (C=O) groups excluding carboxylic acids is 1. The summed E-state index contributed by atoms with van der Waals surface area (Å²) in [4.78, 5) is 14.0. The van der Waals surface area contributed by atoms with Crippen LogP contribution in [0.3, 0.4) is 0 Å². The highest BCUT2D eigenvalue weighted by molar-refractivity contribution is 5.78. The molecular weight excluding hydrogens is 257 g/mol. The molecule has 1 amide bonds. The van der Waals surface area contributed by atoms with Crippen molar-refractivity contribution in [2.75, 3.05) is 26.8 Å². The Hall–Kier alpha value is -1.42. The van der Waals surface area contributed by atoms with Gasteiger partial charge in [-0.2, -0.15) is 0 Å². The van der Waals surface area contributed by atoms with Crippen LogP contribution in [0.2, 0.25) is 0 Å². The maximum absolute atomic E-state index is 13.5. The molecule has 1 aliphatic heterocycles. The molecule has 0 unspecified atom stereocenters. The number of amides is 1. The van der Waals surface area contributed by atoms with E-state index >= 15 is 0 Å². The summed E-state index contributed by atoms with van der Waals surface area (Å²) in [6, 6.07) is 6.49. The molecule has 4 heteroatoms. The SMILES string of the molecule is COCCC1CCN(C(=O)Cc2ccccc2F)CC1. The zero-order valence-electron chi connectivity index (χ0n) is 12.0. The maximum atomic E-state index is 13.5. The van der Waals surface area contributed by atoms with Gasteiger partial charge in [-0.25, -0.2) is 4.39 Å². The third-order valence-electron chi connectivity index (χ3n) is 4.00. The lowest BCUT2D eigenvalue weighted by atomic mass is 9.93. The third kappa shape index (κ3) is 4.04. The molecule has 0 N–H and O–H groups in total. The standard InChI is InChI=1S/C16H22FNO2/c1-20-11-8-13-6-9-18(10-7-13)16(19)12-14-4-2-3-5-15(14)17/h2-5,13H,6-12H2,1H3. The summed E-state index contributed by atoms with van der Waals surface area (Å²) in [5.74, 6) is 0.378. The zero-order chi connectivity index (χ0) is 14.4. The Labute approximate surface area is 119 Å². The van der Waals surface area contributed by atoms with Gasteiger partial charge in [0, 0.05) is 26.8 Å². The number of hydrogen-bond donors (Lipinski definition) is 0. The first-order valence-corrected chi connectivity index (χ1v) is 7.21. The van der Waals surface area contributed by atoms with Crippen molar-refractivity contribution in [3.8, 4) is 0 Å². The summed E-state index contributed by atoms with van der Waals surface area (Å²) in [6.07, 6.45) is 3.26. The minimum Gasteiger partial charge on any atom is -0.385 e. The van der Waals surface area contributed by atoms with E-state index in [0.29, 0.717) is 11.5 Å². The number of hydrogen-bond acceptors (Lipinski definition) is 2. The molecule has 0 saturated carbocycles. The van der Waals surface area contributed by atoms with Gasteiger partial charge in [0.25, 0.3) is 0 Å². The van der Waals surface area contributed by atoms with Crippen LogP contribution < -0.4 is 0 Å². The van der Waals surface area contributed by atoms with E-state index in [1.807, 2.05) is 4.90 Å². The monoisotopic (exact) mass is 279 g/mol. The molecule has 3 nitrogen and oxygen atoms in total. The van der Waals surface area contributed by atoms with Gasteiger partial charge >= 0.3 is 0 Å². The van der Waals surface area contributed by atoms with Crippen molar-refractivity contribution in [3.05, 3.63) is 35.6 Å². The smallest absolute Gasteiger partial charge is 0.227 e. The van der Waals surface area contributed by atoms with Gasteiger partial charge in [-0.3, -0.25) is 4.79 Å². The van der Waals surface area contributed by atoms with E-state index in [1.165, 1.54) is 6.07 Å². The van der Waals surface area contributed by atoms with Crippen LogP contribution in [0.4, 0.5) is 4.39 Å². The van der Waals surface area contributed by atoms with Crippen LogP contribution in [-0.2, 0) is 16.0 Å². The molecule has 0 aliphatic carbocycles. The van der Waals surface area contributed by atoms with Crippen LogP contribution in [0.15, 0.2) is 24.3 Å². The predicted molar refractivity (Wildman–Crippen MR) is 75.9 cm³/mol. The Morgan fingerprint density at radius 3 is 2.70 bits per heavy atom. The molecule has 1 saturated heterocycles. The first kappa shape index (κ1) is 15.0. The highest BCUT2D eigenvalue weighted by Crippen LogP contribution is 2.21. The third-order valence-corrected chi connectivity index (χ3v) is 4.00. The molecule has 1 heterocycles. The molecule has 1 aromatic carbocycles. The van der Waals surface area contributed by atoms with Crippen LogP contribution in [0.25, 0.3) is 0 Å². The van der Waals surface area contributed by atoms with E-state index in [2.05, 4.69) is 0 Å². The van der Waals surface area contributed by atoms with Crippen molar-refractivity contribution in [1.29, 1.82) is 0 Å². The van der Waals surface area contributed by atoms with E-state index in [-0.39, 0.29) is 18.1 Å². The first-order chi connectivity index (χ1) is 9.70. The number of likely N-dealkylation sites (tertiary alicyclic amines) is 1. The van der Waals surface area contributed by atoms with Gasteiger partial charge in [-0.05, 0) is 36.8 Å². The van der Waals surface area contributed by atoms with Crippen LogP contribution in [0, 0.1) is 11.7 Å². The second kappa shape index (κ2) is 7.39. The van der Waals surface area contributed by atoms with Crippen molar-refractivity contribution in [3.63, 3.8) is 0 Å². The van der Waals surface area contributed by atoms with Gasteiger partial charge in [-0.15, -0.1) is 0 Å². The number of halogens is 1. The fourth-order valence-corrected chi connectivity index (χ4v) is 2.67. The Morgan fingerprint density at radius 2 is 2.05 bits per heavy atom. The van der Waals surface area contributed by atoms with Crippen molar-refractivity contribution in [2.45, 2.75) is 25.7 Å². The maximum Gasteiger partial charge on any atom is 0.227 e. The van der Waals surface area contributed by atoms with Gasteiger partial charge < -0.3 is 9.64 Å². The summed E-state index contributed by atoms with van der Waals surface area (Å²) < 4.78 is 18.6. The highest BCUT2D eigenvalue weighted by Gasteiger charge is 2.23. The molecule has 0 atom stereocenters. The number of piperidine rings is 1. The van der Waals surface area contributed by atoms with E-state index in [4.69, 9.17) is 4.74 Å². The summed E-state index contributed by atoms with van der Waals surface area (Å²) in [5.41, 5.74) is 0.485. The van der Waals surface area contributed by atoms with Crippen molar-refractivity contribution in [1.82, 2.24) is 4.90 Å². The first-order valence-electron chi connectivity index (χ1n) is 7.21. The van der Waals surface area contributed by atoms with Crippen molar-refractivity contribution >= 4 is 5.91 Å². The van der Waals surface area contributed by atoms with E-state index in [0.717, 1.165) is 39.0 Å². The zero-order valence-corrected chi connectivity index (χ0v) is 12.0. The molecule has 20 heavy (non-hydrogen) atoms. The molecule has 0 spiro atoms. The summed E-state index contributed by atoms with van der Waals surface area (Å²) >= 11 is 0. The summed E-state index contributed by atoms with van der Waals surface area (Å²) in [6.45, 7) is 2.34. The molecule has 2 rings (SSSR count). The Balaban J connectivity index is 1.82. The number of methoxy groups -OCH3 is 1. The number of nitrogens with zero attached hydrogens (tertiary/aromatic N) is 1. The van der Waals surface area contributed by atoms with Gasteiger partial charge in [0.05, 0.1) is 6.42 Å². The van der Waals surface area contributed by atoms with Gasteiger partial charge in [0.1, 0.15) is 5.82 Å². The fourth-order valence-electron chi connectivity index (χ4n) is 2.67. The summed E-state index contributed by atoms with van der Waals surface area (Å²) in [5, 5.41) is 0. The van der Waals surface area contributed by atoms with Crippen molar-refractivity contribution < 1.29 is 13.9 Å². The number of ether oxygens (including phenoxy) is 1. The quantitative estimate of drug-likeness (QED) is 0.829. The van der Waals surface area contributed by atoms with E-state index < -0.39 is 0 Å². The van der Waals surface area contributed by atoms with Gasteiger partial charge in [-0.1, -0.05) is 18.2 Å². The predicted octanol–water partition coefficient (Wildman–Crippen LogP) is 2.64. The van der Waals surface area contributed by atoms with Crippen LogP contribution in [0.5, 0.6) is 0 Å². The Kier molecular flexibility index (Phi) is 5.53. The molecule has 1 aromatic rings. The molecule has 0 radical (unpaired) electrons.